The maximum Gasteiger partial charge on any atom is 0.341 e. The predicted octanol–water partition coefficient (Wildman–Crippen LogP) is 3.32. The summed E-state index contributed by atoms with van der Waals surface area (Å²) in [6.07, 6.45) is 2.74. The van der Waals surface area contributed by atoms with E-state index in [0.29, 0.717) is 6.07 Å². The molecule has 130 valence electrons. The fraction of sp³-hybridized carbons (Fsp3) is 0.263. The van der Waals surface area contributed by atoms with Gasteiger partial charge in [-0.1, -0.05) is 24.3 Å². The standard InChI is InChI=1S/C19H17F2NO3/c20-13-8-9-15(16(21)10-13)19(24)25-11-18(23)22-17-7-3-5-12-4-1-2-6-14(12)17/h1-2,4,6,8-10,17H,3,5,7,11H2,(H,22,23). The van der Waals surface area contributed by atoms with Crippen molar-refractivity contribution in [1.82, 2.24) is 5.32 Å². The Kier molecular flexibility index (Phi) is 5.07. The molecule has 0 saturated carbocycles. The van der Waals surface area contributed by atoms with Crippen LogP contribution in [0.25, 0.3) is 0 Å². The number of carbonyl (C=O) groups is 2. The molecule has 2 aromatic rings. The van der Waals surface area contributed by atoms with E-state index in [0.717, 1.165) is 37.0 Å². The number of fused-ring (bicyclic) bond motifs is 1. The van der Waals surface area contributed by atoms with Gasteiger partial charge in [-0.15, -0.1) is 0 Å². The molecular weight excluding hydrogens is 328 g/mol. The summed E-state index contributed by atoms with van der Waals surface area (Å²) in [6.45, 7) is -0.520. The van der Waals surface area contributed by atoms with Gasteiger partial charge in [0.25, 0.3) is 5.91 Å². The second-order valence-corrected chi connectivity index (χ2v) is 5.91. The Balaban J connectivity index is 1.58. The van der Waals surface area contributed by atoms with Gasteiger partial charge in [-0.2, -0.15) is 0 Å². The predicted molar refractivity (Wildman–Crippen MR) is 86.9 cm³/mol. The normalized spacial score (nSPS) is 16.0. The lowest BCUT2D eigenvalue weighted by Crippen LogP contribution is -2.34. The van der Waals surface area contributed by atoms with Gasteiger partial charge in [-0.05, 0) is 42.5 Å². The highest BCUT2D eigenvalue weighted by Crippen LogP contribution is 2.29. The first-order valence-corrected chi connectivity index (χ1v) is 8.04. The monoisotopic (exact) mass is 345 g/mol. The van der Waals surface area contributed by atoms with Crippen LogP contribution in [0.2, 0.25) is 0 Å². The number of hydrogen-bond donors (Lipinski definition) is 1. The fourth-order valence-corrected chi connectivity index (χ4v) is 3.00. The van der Waals surface area contributed by atoms with Crippen molar-refractivity contribution >= 4 is 11.9 Å². The Labute approximate surface area is 143 Å². The number of esters is 1. The molecule has 1 atom stereocenters. The van der Waals surface area contributed by atoms with E-state index in [4.69, 9.17) is 4.74 Å². The first-order chi connectivity index (χ1) is 12.0. The molecule has 0 radical (unpaired) electrons. The lowest BCUT2D eigenvalue weighted by atomic mass is 9.88. The molecule has 0 spiro atoms. The van der Waals surface area contributed by atoms with E-state index < -0.39 is 35.7 Å². The van der Waals surface area contributed by atoms with Crippen LogP contribution in [-0.2, 0) is 16.0 Å². The third-order valence-corrected chi connectivity index (χ3v) is 4.19. The summed E-state index contributed by atoms with van der Waals surface area (Å²) >= 11 is 0. The molecule has 1 unspecified atom stereocenters. The Morgan fingerprint density at radius 2 is 1.96 bits per heavy atom. The molecule has 0 bridgehead atoms. The van der Waals surface area contributed by atoms with Crippen molar-refractivity contribution in [2.45, 2.75) is 25.3 Å². The molecule has 0 aromatic heterocycles. The van der Waals surface area contributed by atoms with Gasteiger partial charge < -0.3 is 10.1 Å². The van der Waals surface area contributed by atoms with Crippen LogP contribution in [-0.4, -0.2) is 18.5 Å². The Morgan fingerprint density at radius 3 is 2.76 bits per heavy atom. The van der Waals surface area contributed by atoms with Gasteiger partial charge >= 0.3 is 5.97 Å². The van der Waals surface area contributed by atoms with Gasteiger partial charge in [0.15, 0.2) is 6.61 Å². The van der Waals surface area contributed by atoms with Crippen molar-refractivity contribution in [2.24, 2.45) is 0 Å². The van der Waals surface area contributed by atoms with E-state index in [9.17, 15) is 18.4 Å². The quantitative estimate of drug-likeness (QED) is 0.865. The molecule has 1 amide bonds. The fourth-order valence-electron chi connectivity index (χ4n) is 3.00. The Bertz CT molecular complexity index is 807. The van der Waals surface area contributed by atoms with Crippen molar-refractivity contribution in [3.05, 3.63) is 70.8 Å². The Morgan fingerprint density at radius 1 is 1.16 bits per heavy atom. The van der Waals surface area contributed by atoms with Crippen LogP contribution in [0, 0.1) is 11.6 Å². The maximum atomic E-state index is 13.5. The molecule has 0 aliphatic heterocycles. The minimum atomic E-state index is -1.02. The third kappa shape index (κ3) is 4.02. The summed E-state index contributed by atoms with van der Waals surface area (Å²) in [5, 5.41) is 2.84. The average Bonchev–Trinajstić information content (AvgIpc) is 2.60. The van der Waals surface area contributed by atoms with E-state index in [-0.39, 0.29) is 6.04 Å². The number of ether oxygens (including phenoxy) is 1. The zero-order valence-corrected chi connectivity index (χ0v) is 13.4. The number of carbonyl (C=O) groups excluding carboxylic acids is 2. The molecule has 3 rings (SSSR count). The highest BCUT2D eigenvalue weighted by molar-refractivity contribution is 5.91. The Hall–Kier alpha value is -2.76. The minimum absolute atomic E-state index is 0.126. The number of rotatable bonds is 4. The molecule has 4 nitrogen and oxygen atoms in total. The molecule has 0 saturated heterocycles. The van der Waals surface area contributed by atoms with Gasteiger partial charge in [0.1, 0.15) is 11.6 Å². The van der Waals surface area contributed by atoms with Crippen molar-refractivity contribution in [2.75, 3.05) is 6.61 Å². The van der Waals surface area contributed by atoms with Crippen LogP contribution in [0.5, 0.6) is 0 Å². The summed E-state index contributed by atoms with van der Waals surface area (Å²) in [5.41, 5.74) is 1.86. The van der Waals surface area contributed by atoms with Gasteiger partial charge in [0.2, 0.25) is 0 Å². The molecular formula is C19H17F2NO3. The van der Waals surface area contributed by atoms with Crippen molar-refractivity contribution in [3.8, 4) is 0 Å². The highest BCUT2D eigenvalue weighted by atomic mass is 19.1. The topological polar surface area (TPSA) is 55.4 Å². The second kappa shape index (κ2) is 7.42. The van der Waals surface area contributed by atoms with Crippen LogP contribution in [0.4, 0.5) is 8.78 Å². The number of hydrogen-bond acceptors (Lipinski definition) is 3. The van der Waals surface area contributed by atoms with Crippen molar-refractivity contribution < 1.29 is 23.1 Å². The summed E-state index contributed by atoms with van der Waals surface area (Å²) in [5.74, 6) is -3.27. The zero-order valence-electron chi connectivity index (χ0n) is 13.4. The van der Waals surface area contributed by atoms with Gasteiger partial charge in [-0.3, -0.25) is 4.79 Å². The first-order valence-electron chi connectivity index (χ1n) is 8.04. The van der Waals surface area contributed by atoms with E-state index in [1.165, 1.54) is 5.56 Å². The molecule has 1 aliphatic carbocycles. The third-order valence-electron chi connectivity index (χ3n) is 4.19. The number of amides is 1. The molecule has 1 aliphatic rings. The van der Waals surface area contributed by atoms with Crippen LogP contribution >= 0.6 is 0 Å². The largest absolute Gasteiger partial charge is 0.452 e. The van der Waals surface area contributed by atoms with Crippen LogP contribution in [0.1, 0.15) is 40.4 Å². The molecule has 1 N–H and O–H groups in total. The zero-order chi connectivity index (χ0) is 17.8. The summed E-state index contributed by atoms with van der Waals surface area (Å²) in [4.78, 5) is 23.9. The molecule has 2 aromatic carbocycles. The molecule has 0 fully saturated rings. The average molecular weight is 345 g/mol. The molecule has 25 heavy (non-hydrogen) atoms. The van der Waals surface area contributed by atoms with Gasteiger partial charge in [-0.25, -0.2) is 13.6 Å². The lowest BCUT2D eigenvalue weighted by Gasteiger charge is -2.26. The van der Waals surface area contributed by atoms with Crippen LogP contribution in [0.15, 0.2) is 42.5 Å². The number of aryl methyl sites for hydroxylation is 1. The highest BCUT2D eigenvalue weighted by Gasteiger charge is 2.22. The van der Waals surface area contributed by atoms with Crippen molar-refractivity contribution in [1.29, 1.82) is 0 Å². The minimum Gasteiger partial charge on any atom is -0.452 e. The molecule has 0 heterocycles. The number of halogens is 2. The number of nitrogens with one attached hydrogen (secondary N) is 1. The van der Waals surface area contributed by atoms with Crippen LogP contribution < -0.4 is 5.32 Å². The summed E-state index contributed by atoms with van der Waals surface area (Å²) < 4.78 is 31.2. The SMILES string of the molecule is O=C(COC(=O)c1ccc(F)cc1F)NC1CCCc2ccccc21. The van der Waals surface area contributed by atoms with Gasteiger partial charge in [0.05, 0.1) is 11.6 Å². The number of benzene rings is 2. The van der Waals surface area contributed by atoms with E-state index in [1.807, 2.05) is 24.3 Å². The maximum absolute atomic E-state index is 13.5. The lowest BCUT2D eigenvalue weighted by molar-refractivity contribution is -0.125. The van der Waals surface area contributed by atoms with E-state index in [1.54, 1.807) is 0 Å². The van der Waals surface area contributed by atoms with E-state index >= 15 is 0 Å². The second-order valence-electron chi connectivity index (χ2n) is 5.91. The molecule has 6 heteroatoms. The summed E-state index contributed by atoms with van der Waals surface area (Å²) in [7, 11) is 0. The van der Waals surface area contributed by atoms with Crippen molar-refractivity contribution in [3.63, 3.8) is 0 Å². The van der Waals surface area contributed by atoms with E-state index in [2.05, 4.69) is 5.32 Å². The van der Waals surface area contributed by atoms with Crippen LogP contribution in [0.3, 0.4) is 0 Å². The van der Waals surface area contributed by atoms with Gasteiger partial charge in [0, 0.05) is 6.07 Å². The smallest absolute Gasteiger partial charge is 0.341 e. The summed E-state index contributed by atoms with van der Waals surface area (Å²) in [6, 6.07) is 10.3. The first kappa shape index (κ1) is 17.1.